The van der Waals surface area contributed by atoms with Gasteiger partial charge in [0.05, 0.1) is 5.84 Å². The minimum atomic E-state index is -1.01. The summed E-state index contributed by atoms with van der Waals surface area (Å²) in [4.78, 5) is 10.4. The smallest absolute Gasteiger partial charge is 0.324 e. The van der Waals surface area contributed by atoms with Crippen LogP contribution in [0.3, 0.4) is 0 Å². The number of allylic oxidation sites excluding steroid dienone is 1. The summed E-state index contributed by atoms with van der Waals surface area (Å²) in [6.45, 7) is 4.27. The second-order valence-corrected chi connectivity index (χ2v) is 3.53. The molecule has 1 atom stereocenters. The van der Waals surface area contributed by atoms with Crippen LogP contribution in [-0.2, 0) is 4.79 Å². The summed E-state index contributed by atoms with van der Waals surface area (Å²) in [5, 5.41) is 18.6. The number of hydrogen-bond acceptors (Lipinski definition) is 3. The first kappa shape index (κ1) is 13.6. The largest absolute Gasteiger partial charge is 0.480 e. The van der Waals surface area contributed by atoms with E-state index in [2.05, 4.69) is 5.32 Å². The van der Waals surface area contributed by atoms with Crippen molar-refractivity contribution in [2.75, 3.05) is 6.54 Å². The monoisotopic (exact) mass is 213 g/mol. The number of aliphatic carboxylic acids is 1. The van der Waals surface area contributed by atoms with E-state index >= 15 is 0 Å². The maximum absolute atomic E-state index is 10.4. The average Bonchev–Trinajstić information content (AvgIpc) is 2.12. The third-order valence-electron chi connectivity index (χ3n) is 1.89. The van der Waals surface area contributed by atoms with Crippen molar-refractivity contribution < 1.29 is 9.90 Å². The second kappa shape index (κ2) is 7.00. The molecule has 0 saturated carbocycles. The molecule has 0 aliphatic carbocycles. The molecule has 0 aromatic carbocycles. The lowest BCUT2D eigenvalue weighted by molar-refractivity contribution is -0.137. The lowest BCUT2D eigenvalue weighted by Crippen LogP contribution is -2.28. The molecule has 0 fully saturated rings. The molecular formula is C10H19N3O2. The van der Waals surface area contributed by atoms with Crippen LogP contribution in [0.2, 0.25) is 0 Å². The minimum absolute atomic E-state index is 0.443. The fourth-order valence-corrected chi connectivity index (χ4v) is 1.10. The summed E-state index contributed by atoms with van der Waals surface area (Å²) in [7, 11) is 0. The first-order chi connectivity index (χ1) is 6.93. The molecule has 86 valence electrons. The van der Waals surface area contributed by atoms with Gasteiger partial charge < -0.3 is 16.2 Å². The van der Waals surface area contributed by atoms with Gasteiger partial charge in [-0.15, -0.1) is 0 Å². The van der Waals surface area contributed by atoms with E-state index in [0.29, 0.717) is 5.84 Å². The number of amidine groups is 1. The Balaban J connectivity index is 3.78. The third-order valence-corrected chi connectivity index (χ3v) is 1.89. The zero-order valence-corrected chi connectivity index (χ0v) is 9.21. The molecule has 0 saturated heterocycles. The molecule has 0 amide bonds. The predicted molar refractivity (Wildman–Crippen MR) is 60.0 cm³/mol. The van der Waals surface area contributed by atoms with E-state index in [1.165, 1.54) is 0 Å². The van der Waals surface area contributed by atoms with Crippen LogP contribution in [0.4, 0.5) is 0 Å². The van der Waals surface area contributed by atoms with Crippen LogP contribution in [0.15, 0.2) is 11.6 Å². The SMILES string of the molecule is CC(=N)NCCC/C(C)=C\C(N)C(=O)O. The van der Waals surface area contributed by atoms with Crippen LogP contribution in [0.5, 0.6) is 0 Å². The summed E-state index contributed by atoms with van der Waals surface area (Å²) in [6.07, 6.45) is 3.21. The Hall–Kier alpha value is -1.36. The number of nitrogens with one attached hydrogen (secondary N) is 2. The van der Waals surface area contributed by atoms with E-state index < -0.39 is 12.0 Å². The first-order valence-corrected chi connectivity index (χ1v) is 4.88. The van der Waals surface area contributed by atoms with Gasteiger partial charge in [0.15, 0.2) is 0 Å². The zero-order chi connectivity index (χ0) is 11.8. The summed E-state index contributed by atoms with van der Waals surface area (Å²) >= 11 is 0. The molecule has 0 spiro atoms. The number of carboxylic acids is 1. The quantitative estimate of drug-likeness (QED) is 0.226. The van der Waals surface area contributed by atoms with Crippen LogP contribution in [0.25, 0.3) is 0 Å². The van der Waals surface area contributed by atoms with E-state index in [4.69, 9.17) is 16.2 Å². The molecule has 0 rings (SSSR count). The van der Waals surface area contributed by atoms with Crippen LogP contribution >= 0.6 is 0 Å². The fraction of sp³-hybridized carbons (Fsp3) is 0.600. The van der Waals surface area contributed by atoms with Crippen molar-refractivity contribution in [3.63, 3.8) is 0 Å². The Bertz CT molecular complexity index is 261. The van der Waals surface area contributed by atoms with Gasteiger partial charge in [-0.25, -0.2) is 0 Å². The summed E-state index contributed by atoms with van der Waals surface area (Å²) in [5.41, 5.74) is 6.31. The molecule has 0 aromatic heterocycles. The highest BCUT2D eigenvalue weighted by atomic mass is 16.4. The fourth-order valence-electron chi connectivity index (χ4n) is 1.10. The Morgan fingerprint density at radius 3 is 2.67 bits per heavy atom. The van der Waals surface area contributed by atoms with Crippen LogP contribution in [0, 0.1) is 5.41 Å². The highest BCUT2D eigenvalue weighted by molar-refractivity contribution is 5.76. The van der Waals surface area contributed by atoms with E-state index in [1.807, 2.05) is 6.92 Å². The summed E-state index contributed by atoms with van der Waals surface area (Å²) < 4.78 is 0. The highest BCUT2D eigenvalue weighted by Gasteiger charge is 2.07. The van der Waals surface area contributed by atoms with Crippen molar-refractivity contribution in [1.82, 2.24) is 5.32 Å². The van der Waals surface area contributed by atoms with Gasteiger partial charge in [0.25, 0.3) is 0 Å². The molecule has 15 heavy (non-hydrogen) atoms. The van der Waals surface area contributed by atoms with E-state index in [9.17, 15) is 4.79 Å². The standard InChI is InChI=1S/C10H19N3O2/c1-7(6-9(12)10(14)15)4-3-5-13-8(2)11/h6,9H,3-5,12H2,1-2H3,(H2,11,13)(H,14,15)/b7-6-. The molecule has 0 bridgehead atoms. The molecule has 1 unspecified atom stereocenters. The maximum atomic E-state index is 10.4. The van der Waals surface area contributed by atoms with Gasteiger partial charge in [-0.2, -0.15) is 0 Å². The maximum Gasteiger partial charge on any atom is 0.324 e. The highest BCUT2D eigenvalue weighted by Crippen LogP contribution is 2.04. The zero-order valence-electron chi connectivity index (χ0n) is 9.21. The van der Waals surface area contributed by atoms with Crippen LogP contribution < -0.4 is 11.1 Å². The second-order valence-electron chi connectivity index (χ2n) is 3.53. The molecule has 0 radical (unpaired) electrons. The van der Waals surface area contributed by atoms with Crippen molar-refractivity contribution in [3.05, 3.63) is 11.6 Å². The lowest BCUT2D eigenvalue weighted by atomic mass is 10.1. The normalized spacial score (nSPS) is 13.4. The number of nitrogens with two attached hydrogens (primary N) is 1. The van der Waals surface area contributed by atoms with Crippen molar-refractivity contribution in [3.8, 4) is 0 Å². The average molecular weight is 213 g/mol. The summed E-state index contributed by atoms with van der Waals surface area (Å²) in [6, 6.07) is -0.914. The molecule has 5 heteroatoms. The van der Waals surface area contributed by atoms with Gasteiger partial charge in [-0.05, 0) is 26.7 Å². The predicted octanol–water partition coefficient (Wildman–Crippen LogP) is 0.712. The third kappa shape index (κ3) is 7.69. The van der Waals surface area contributed by atoms with Crippen LogP contribution in [-0.4, -0.2) is 29.5 Å². The Morgan fingerprint density at radius 1 is 1.60 bits per heavy atom. The number of carbonyl (C=O) groups is 1. The van der Waals surface area contributed by atoms with Gasteiger partial charge in [-0.3, -0.25) is 10.2 Å². The Morgan fingerprint density at radius 2 is 2.20 bits per heavy atom. The molecule has 0 aromatic rings. The van der Waals surface area contributed by atoms with Gasteiger partial charge in [0.1, 0.15) is 6.04 Å². The summed E-state index contributed by atoms with van der Waals surface area (Å²) in [5.74, 6) is -0.568. The molecule has 0 heterocycles. The van der Waals surface area contributed by atoms with E-state index in [1.54, 1.807) is 13.0 Å². The minimum Gasteiger partial charge on any atom is -0.480 e. The number of carboxylic acid groups (broad SMARTS) is 1. The van der Waals surface area contributed by atoms with Crippen molar-refractivity contribution in [1.29, 1.82) is 5.41 Å². The Kier molecular flexibility index (Phi) is 6.37. The molecule has 0 aliphatic rings. The van der Waals surface area contributed by atoms with Gasteiger partial charge in [0.2, 0.25) is 0 Å². The first-order valence-electron chi connectivity index (χ1n) is 4.88. The van der Waals surface area contributed by atoms with Crippen LogP contribution in [0.1, 0.15) is 26.7 Å². The Labute approximate surface area is 89.9 Å². The number of rotatable bonds is 6. The molecule has 5 N–H and O–H groups in total. The van der Waals surface area contributed by atoms with E-state index in [0.717, 1.165) is 25.0 Å². The molecule has 5 nitrogen and oxygen atoms in total. The van der Waals surface area contributed by atoms with Crippen molar-refractivity contribution >= 4 is 11.8 Å². The van der Waals surface area contributed by atoms with Gasteiger partial charge in [-0.1, -0.05) is 11.6 Å². The van der Waals surface area contributed by atoms with Gasteiger partial charge >= 0.3 is 5.97 Å². The van der Waals surface area contributed by atoms with E-state index in [-0.39, 0.29) is 0 Å². The van der Waals surface area contributed by atoms with Crippen molar-refractivity contribution in [2.45, 2.75) is 32.7 Å². The molecular weight excluding hydrogens is 194 g/mol. The lowest BCUT2D eigenvalue weighted by Gasteiger charge is -2.05. The number of hydrogen-bond donors (Lipinski definition) is 4. The topological polar surface area (TPSA) is 99.2 Å². The van der Waals surface area contributed by atoms with Crippen molar-refractivity contribution in [2.24, 2.45) is 5.73 Å². The molecule has 0 aliphatic heterocycles. The van der Waals surface area contributed by atoms with Gasteiger partial charge in [0, 0.05) is 6.54 Å².